The Hall–Kier alpha value is -3.36. The van der Waals surface area contributed by atoms with Crippen molar-refractivity contribution in [2.75, 3.05) is 50.7 Å². The molecule has 1 saturated carbocycles. The van der Waals surface area contributed by atoms with Crippen molar-refractivity contribution in [3.8, 4) is 6.07 Å². The Balaban J connectivity index is 1.16. The number of nitriles is 1. The number of hydrogen-bond acceptors (Lipinski definition) is 5. The number of amides is 1. The summed E-state index contributed by atoms with van der Waals surface area (Å²) < 4.78 is 59.3. The predicted molar refractivity (Wildman–Crippen MR) is 157 cm³/mol. The number of carboxylic acid groups (broad SMARTS) is 1. The topological polar surface area (TPSA) is 82.8 Å². The Morgan fingerprint density at radius 1 is 1.02 bits per heavy atom. The van der Waals surface area contributed by atoms with Crippen LogP contribution in [0.4, 0.5) is 28.0 Å². The average molecular weight is 614 g/mol. The summed E-state index contributed by atoms with van der Waals surface area (Å²) in [5.74, 6) is -1.55. The molecule has 0 spiro atoms. The number of anilines is 1. The zero-order valence-corrected chi connectivity index (χ0v) is 24.7. The number of alkyl halides is 1. The number of hydrogen-bond donors (Lipinski definition) is 2. The van der Waals surface area contributed by atoms with Crippen molar-refractivity contribution in [1.82, 2.24) is 15.1 Å². The van der Waals surface area contributed by atoms with Crippen LogP contribution in [0.5, 0.6) is 0 Å². The third-order valence-electron chi connectivity index (χ3n) is 10.3. The summed E-state index contributed by atoms with van der Waals surface area (Å²) in [6.07, 6.45) is 4.28. The average Bonchev–Trinajstić information content (AvgIpc) is 3.38. The molecule has 3 heterocycles. The minimum atomic E-state index is -1.61. The van der Waals surface area contributed by atoms with Gasteiger partial charge < -0.3 is 15.3 Å². The van der Waals surface area contributed by atoms with Crippen molar-refractivity contribution in [1.29, 1.82) is 5.26 Å². The molecule has 2 aromatic carbocycles. The smallest absolute Gasteiger partial charge is 0.404 e. The van der Waals surface area contributed by atoms with Gasteiger partial charge in [0.2, 0.25) is 0 Å². The lowest BCUT2D eigenvalue weighted by Gasteiger charge is -2.51. The van der Waals surface area contributed by atoms with Gasteiger partial charge in [0, 0.05) is 18.6 Å². The van der Waals surface area contributed by atoms with Crippen LogP contribution in [-0.2, 0) is 0 Å². The molecule has 6 rings (SSSR count). The molecule has 3 saturated heterocycles. The molecule has 0 aromatic heterocycles. The van der Waals surface area contributed by atoms with Gasteiger partial charge in [0.05, 0.1) is 24.7 Å². The lowest BCUT2D eigenvalue weighted by atomic mass is 9.68. The van der Waals surface area contributed by atoms with Crippen LogP contribution < -0.4 is 10.2 Å². The number of nitrogens with one attached hydrogen (secondary N) is 1. The number of likely N-dealkylation sites (tertiary alicyclic amines) is 2. The molecular weight excluding hydrogens is 574 g/mol. The van der Waals surface area contributed by atoms with Crippen molar-refractivity contribution in [2.45, 2.75) is 56.3 Å². The van der Waals surface area contributed by atoms with Crippen molar-refractivity contribution < 1.29 is 27.5 Å². The highest BCUT2D eigenvalue weighted by molar-refractivity contribution is 5.65. The Morgan fingerprint density at radius 3 is 2.32 bits per heavy atom. The molecule has 2 N–H and O–H groups in total. The van der Waals surface area contributed by atoms with Crippen molar-refractivity contribution in [3.63, 3.8) is 0 Å². The van der Waals surface area contributed by atoms with E-state index in [0.717, 1.165) is 69.3 Å². The van der Waals surface area contributed by atoms with Gasteiger partial charge in [-0.2, -0.15) is 5.26 Å². The van der Waals surface area contributed by atoms with Gasteiger partial charge in [-0.3, -0.25) is 9.80 Å². The van der Waals surface area contributed by atoms with E-state index in [1.165, 1.54) is 11.0 Å². The van der Waals surface area contributed by atoms with Gasteiger partial charge >= 0.3 is 6.09 Å². The van der Waals surface area contributed by atoms with Gasteiger partial charge in [-0.15, -0.1) is 0 Å². The number of benzene rings is 2. The first-order valence-electron chi connectivity index (χ1n) is 15.7. The predicted octanol–water partition coefficient (Wildman–Crippen LogP) is 5.72. The van der Waals surface area contributed by atoms with Crippen LogP contribution in [-0.4, -0.2) is 78.5 Å². The molecule has 236 valence electrons. The van der Waals surface area contributed by atoms with Crippen LogP contribution in [0.15, 0.2) is 36.4 Å². The van der Waals surface area contributed by atoms with E-state index in [9.17, 15) is 23.1 Å². The molecule has 0 radical (unpaired) electrons. The quantitative estimate of drug-likeness (QED) is 0.353. The van der Waals surface area contributed by atoms with Crippen LogP contribution in [0.3, 0.4) is 0 Å². The van der Waals surface area contributed by atoms with Crippen molar-refractivity contribution >= 4 is 11.8 Å². The molecule has 2 aromatic rings. The maximum absolute atomic E-state index is 15.8. The highest BCUT2D eigenvalue weighted by atomic mass is 19.1. The number of nitrogens with zero attached hydrogens (tertiary/aromatic N) is 4. The molecule has 0 bridgehead atoms. The van der Waals surface area contributed by atoms with Gasteiger partial charge in [-0.25, -0.2) is 22.4 Å². The van der Waals surface area contributed by atoms with Crippen molar-refractivity contribution in [3.05, 3.63) is 65.0 Å². The number of halogens is 4. The van der Waals surface area contributed by atoms with E-state index >= 15 is 4.39 Å². The SMILES string of the molecule is N#Cc1cc(F)c(N2CC(F)(CN3CCC([C@@H]([C@H]4CCC[C@@H]4NC(=O)O)[C@@H](c4cccc(F)c4)N4CCC4)CC3)C2)c(F)c1. The molecule has 4 aliphatic rings. The summed E-state index contributed by atoms with van der Waals surface area (Å²) in [5.41, 5.74) is -1.09. The standard InChI is InChI=1S/C33H39F4N5O2/c34-24-5-1-4-23(16-24)30(41-10-3-11-41)29(25-6-2-7-28(25)39-32(43)44)22-8-12-40(13-9-22)18-33(37)19-42(20-33)31-26(35)14-21(17-38)15-27(31)36/h1,4-5,14-16,22,25,28-30,39H,2-3,6-13,18-20H2,(H,43,44)/t25-,28-,29-,30+/m0/s1. The van der Waals surface area contributed by atoms with Crippen LogP contribution in [0.25, 0.3) is 0 Å². The molecule has 7 nitrogen and oxygen atoms in total. The van der Waals surface area contributed by atoms with Gasteiger partial charge in [-0.1, -0.05) is 18.6 Å². The second-order valence-electron chi connectivity index (χ2n) is 13.1. The molecule has 4 atom stereocenters. The second-order valence-corrected chi connectivity index (χ2v) is 13.1. The van der Waals surface area contributed by atoms with Gasteiger partial charge in [0.15, 0.2) is 17.3 Å². The Labute approximate surface area is 255 Å². The van der Waals surface area contributed by atoms with E-state index in [0.29, 0.717) is 13.1 Å². The monoisotopic (exact) mass is 613 g/mol. The first-order valence-corrected chi connectivity index (χ1v) is 15.7. The second kappa shape index (κ2) is 12.6. The fourth-order valence-electron chi connectivity index (χ4n) is 8.34. The van der Waals surface area contributed by atoms with Gasteiger partial charge in [0.25, 0.3) is 0 Å². The Bertz CT molecular complexity index is 1380. The van der Waals surface area contributed by atoms with Crippen LogP contribution >= 0.6 is 0 Å². The minimum Gasteiger partial charge on any atom is -0.465 e. The van der Waals surface area contributed by atoms with E-state index in [-0.39, 0.29) is 66.5 Å². The Morgan fingerprint density at radius 2 is 1.73 bits per heavy atom. The van der Waals surface area contributed by atoms with Crippen LogP contribution in [0.2, 0.25) is 0 Å². The zero-order chi connectivity index (χ0) is 31.0. The van der Waals surface area contributed by atoms with Gasteiger partial charge in [0.1, 0.15) is 11.5 Å². The van der Waals surface area contributed by atoms with E-state index in [2.05, 4.69) is 15.1 Å². The number of carbonyl (C=O) groups is 1. The van der Waals surface area contributed by atoms with Crippen LogP contribution in [0, 0.1) is 46.5 Å². The fourth-order valence-corrected chi connectivity index (χ4v) is 8.34. The summed E-state index contributed by atoms with van der Waals surface area (Å²) in [6, 6.07) is 10.3. The summed E-state index contributed by atoms with van der Waals surface area (Å²) in [7, 11) is 0. The lowest BCUT2D eigenvalue weighted by molar-refractivity contribution is -0.00960. The molecule has 1 amide bonds. The molecule has 4 fully saturated rings. The van der Waals surface area contributed by atoms with E-state index in [1.807, 2.05) is 6.07 Å². The molecular formula is C33H39F4N5O2. The summed E-state index contributed by atoms with van der Waals surface area (Å²) in [4.78, 5) is 17.5. The first kappa shape index (κ1) is 30.7. The fraction of sp³-hybridized carbons (Fsp3) is 0.576. The largest absolute Gasteiger partial charge is 0.465 e. The molecule has 0 unspecified atom stereocenters. The summed E-state index contributed by atoms with van der Waals surface area (Å²) in [5, 5.41) is 21.3. The number of rotatable bonds is 9. The number of piperidine rings is 1. The molecule has 1 aliphatic carbocycles. The summed E-state index contributed by atoms with van der Waals surface area (Å²) >= 11 is 0. The highest BCUT2D eigenvalue weighted by Crippen LogP contribution is 2.49. The van der Waals surface area contributed by atoms with E-state index < -0.39 is 23.4 Å². The zero-order valence-electron chi connectivity index (χ0n) is 24.7. The third-order valence-corrected chi connectivity index (χ3v) is 10.3. The van der Waals surface area contributed by atoms with Gasteiger partial charge in [-0.05, 0) is 106 Å². The molecule has 44 heavy (non-hydrogen) atoms. The van der Waals surface area contributed by atoms with Crippen LogP contribution in [0.1, 0.15) is 55.7 Å². The normalized spacial score (nSPS) is 25.5. The molecule has 11 heteroatoms. The Kier molecular flexibility index (Phi) is 8.75. The summed E-state index contributed by atoms with van der Waals surface area (Å²) in [6.45, 7) is 3.06. The third kappa shape index (κ3) is 6.24. The highest BCUT2D eigenvalue weighted by Gasteiger charge is 2.49. The van der Waals surface area contributed by atoms with E-state index in [1.54, 1.807) is 18.2 Å². The minimum absolute atomic E-state index is 0.0258. The molecule has 3 aliphatic heterocycles. The first-order chi connectivity index (χ1) is 21.1. The maximum atomic E-state index is 15.8. The van der Waals surface area contributed by atoms with E-state index in [4.69, 9.17) is 5.26 Å². The maximum Gasteiger partial charge on any atom is 0.404 e. The lowest BCUT2D eigenvalue weighted by Crippen LogP contribution is -2.64. The van der Waals surface area contributed by atoms with Crippen molar-refractivity contribution in [2.24, 2.45) is 17.8 Å².